The first-order valence-corrected chi connectivity index (χ1v) is 8.49. The maximum Gasteiger partial charge on any atom is 0.227 e. The number of hydrogen-bond donors (Lipinski definition) is 1. The molecule has 0 unspecified atom stereocenters. The number of carbonyl (C=O) groups is 1. The predicted molar refractivity (Wildman–Crippen MR) is 80.8 cm³/mol. The average Bonchev–Trinajstić information content (AvgIpc) is 2.94. The Hall–Kier alpha value is -0.870. The highest BCUT2D eigenvalue weighted by molar-refractivity contribution is 5.79. The molecule has 0 radical (unpaired) electrons. The first kappa shape index (κ1) is 15.0. The highest BCUT2D eigenvalue weighted by Crippen LogP contribution is 2.33. The van der Waals surface area contributed by atoms with Crippen LogP contribution in [0.3, 0.4) is 0 Å². The fraction of sp³-hybridized carbons (Fsp3) is 0.824. The maximum absolute atomic E-state index is 12.7. The molecule has 1 heterocycles. The monoisotopic (exact) mass is 293 g/mol. The van der Waals surface area contributed by atoms with E-state index in [1.165, 1.54) is 18.4 Å². The third kappa shape index (κ3) is 3.49. The third-order valence-electron chi connectivity index (χ3n) is 5.27. The molecule has 118 valence electrons. The van der Waals surface area contributed by atoms with Gasteiger partial charge < -0.3 is 14.7 Å². The van der Waals surface area contributed by atoms with Crippen LogP contribution in [0.5, 0.6) is 0 Å². The first-order chi connectivity index (χ1) is 10.3. The van der Waals surface area contributed by atoms with Crippen molar-refractivity contribution in [3.8, 4) is 0 Å². The molecule has 0 bridgehead atoms. The van der Waals surface area contributed by atoms with Crippen molar-refractivity contribution < 1.29 is 14.6 Å². The molecule has 1 saturated carbocycles. The fourth-order valence-corrected chi connectivity index (χ4v) is 4.07. The van der Waals surface area contributed by atoms with Gasteiger partial charge in [-0.3, -0.25) is 4.79 Å². The molecular formula is C17H27NO3. The Labute approximate surface area is 127 Å². The van der Waals surface area contributed by atoms with E-state index in [1.54, 1.807) is 0 Å². The molecule has 1 N–H and O–H groups in total. The van der Waals surface area contributed by atoms with Gasteiger partial charge in [0.15, 0.2) is 0 Å². The standard InChI is InChI=1S/C17H27NO3/c19-16-8-4-7-14(16)15-12-21-10-9-18(15)17(20)11-13-5-2-1-3-6-13/h5,14-16,19H,1-4,6-12H2/t14-,15-,16-/m1/s1. The summed E-state index contributed by atoms with van der Waals surface area (Å²) in [6.07, 6.45) is 10.2. The predicted octanol–water partition coefficient (Wildman–Crippen LogP) is 2.27. The Bertz CT molecular complexity index is 407. The van der Waals surface area contributed by atoms with Crippen molar-refractivity contribution in [3.63, 3.8) is 0 Å². The molecular weight excluding hydrogens is 266 g/mol. The molecule has 1 aliphatic heterocycles. The Morgan fingerprint density at radius 1 is 1.33 bits per heavy atom. The maximum atomic E-state index is 12.7. The summed E-state index contributed by atoms with van der Waals surface area (Å²) in [7, 11) is 0. The zero-order valence-corrected chi connectivity index (χ0v) is 12.8. The Kier molecular flexibility index (Phi) is 4.96. The summed E-state index contributed by atoms with van der Waals surface area (Å²) in [4.78, 5) is 14.7. The lowest BCUT2D eigenvalue weighted by atomic mass is 9.92. The number of ether oxygens (including phenoxy) is 1. The number of rotatable bonds is 3. The van der Waals surface area contributed by atoms with Crippen LogP contribution in [0.15, 0.2) is 11.6 Å². The molecule has 3 aliphatic rings. The third-order valence-corrected chi connectivity index (χ3v) is 5.27. The minimum atomic E-state index is -0.263. The molecule has 0 spiro atoms. The van der Waals surface area contributed by atoms with E-state index in [0.717, 1.165) is 32.1 Å². The molecule has 21 heavy (non-hydrogen) atoms. The van der Waals surface area contributed by atoms with Crippen LogP contribution in [0.4, 0.5) is 0 Å². The Morgan fingerprint density at radius 3 is 2.95 bits per heavy atom. The normalized spacial score (nSPS) is 33.9. The topological polar surface area (TPSA) is 49.8 Å². The summed E-state index contributed by atoms with van der Waals surface area (Å²) in [6, 6.07) is 0.0768. The van der Waals surface area contributed by atoms with Crippen molar-refractivity contribution in [1.29, 1.82) is 0 Å². The van der Waals surface area contributed by atoms with Crippen molar-refractivity contribution in [2.24, 2.45) is 5.92 Å². The second kappa shape index (κ2) is 6.93. The minimum absolute atomic E-state index is 0.0768. The van der Waals surface area contributed by atoms with E-state index in [-0.39, 0.29) is 24.0 Å². The summed E-state index contributed by atoms with van der Waals surface area (Å²) >= 11 is 0. The second-order valence-corrected chi connectivity index (χ2v) is 6.68. The van der Waals surface area contributed by atoms with Gasteiger partial charge in [-0.15, -0.1) is 0 Å². The highest BCUT2D eigenvalue weighted by atomic mass is 16.5. The van der Waals surface area contributed by atoms with E-state index < -0.39 is 0 Å². The number of amides is 1. The van der Waals surface area contributed by atoms with Gasteiger partial charge in [0.25, 0.3) is 0 Å². The Balaban J connectivity index is 1.65. The molecule has 2 fully saturated rings. The summed E-state index contributed by atoms with van der Waals surface area (Å²) < 4.78 is 5.59. The number of allylic oxidation sites excluding steroid dienone is 1. The average molecular weight is 293 g/mol. The van der Waals surface area contributed by atoms with Crippen LogP contribution in [0, 0.1) is 5.92 Å². The zero-order valence-electron chi connectivity index (χ0n) is 12.8. The quantitative estimate of drug-likeness (QED) is 0.812. The van der Waals surface area contributed by atoms with Crippen LogP contribution in [0.2, 0.25) is 0 Å². The van der Waals surface area contributed by atoms with E-state index in [9.17, 15) is 9.90 Å². The van der Waals surface area contributed by atoms with E-state index >= 15 is 0 Å². The van der Waals surface area contributed by atoms with Crippen LogP contribution in [0.1, 0.15) is 51.4 Å². The van der Waals surface area contributed by atoms with Crippen LogP contribution in [-0.4, -0.2) is 47.8 Å². The van der Waals surface area contributed by atoms with Gasteiger partial charge in [0.2, 0.25) is 5.91 Å². The van der Waals surface area contributed by atoms with Gasteiger partial charge in [-0.1, -0.05) is 18.1 Å². The number of aliphatic hydroxyl groups is 1. The smallest absolute Gasteiger partial charge is 0.227 e. The van der Waals surface area contributed by atoms with Crippen molar-refractivity contribution in [2.45, 2.75) is 63.5 Å². The zero-order chi connectivity index (χ0) is 14.7. The molecule has 0 aromatic heterocycles. The van der Waals surface area contributed by atoms with E-state index in [1.807, 2.05) is 4.90 Å². The van der Waals surface area contributed by atoms with Crippen molar-refractivity contribution >= 4 is 5.91 Å². The van der Waals surface area contributed by atoms with Gasteiger partial charge in [0.1, 0.15) is 0 Å². The molecule has 0 aromatic rings. The largest absolute Gasteiger partial charge is 0.393 e. The van der Waals surface area contributed by atoms with Gasteiger partial charge >= 0.3 is 0 Å². The Morgan fingerprint density at radius 2 is 2.24 bits per heavy atom. The van der Waals surface area contributed by atoms with Crippen LogP contribution < -0.4 is 0 Å². The molecule has 1 amide bonds. The SMILES string of the molecule is O=C(CC1=CCCCC1)N1CCOC[C@@H]1[C@H]1CCC[C@H]1O. The lowest BCUT2D eigenvalue weighted by Crippen LogP contribution is -2.53. The number of nitrogens with zero attached hydrogens (tertiary/aromatic N) is 1. The van der Waals surface area contributed by atoms with E-state index in [4.69, 9.17) is 4.74 Å². The minimum Gasteiger partial charge on any atom is -0.393 e. The summed E-state index contributed by atoms with van der Waals surface area (Å²) in [5.74, 6) is 0.435. The summed E-state index contributed by atoms with van der Waals surface area (Å²) in [5.41, 5.74) is 1.31. The molecule has 1 saturated heterocycles. The number of aliphatic hydroxyl groups excluding tert-OH is 1. The van der Waals surface area contributed by atoms with Gasteiger partial charge in [0.05, 0.1) is 25.4 Å². The molecule has 3 atom stereocenters. The fourth-order valence-electron chi connectivity index (χ4n) is 4.07. The lowest BCUT2D eigenvalue weighted by molar-refractivity contribution is -0.143. The molecule has 0 aromatic carbocycles. The van der Waals surface area contributed by atoms with Crippen molar-refractivity contribution in [1.82, 2.24) is 4.90 Å². The van der Waals surface area contributed by atoms with E-state index in [2.05, 4.69) is 6.08 Å². The number of hydrogen-bond acceptors (Lipinski definition) is 3. The van der Waals surface area contributed by atoms with Crippen LogP contribution >= 0.6 is 0 Å². The summed E-state index contributed by atoms with van der Waals surface area (Å²) in [6.45, 7) is 1.90. The van der Waals surface area contributed by atoms with Gasteiger partial charge in [-0.2, -0.15) is 0 Å². The van der Waals surface area contributed by atoms with Crippen molar-refractivity contribution in [3.05, 3.63) is 11.6 Å². The number of morpholine rings is 1. The van der Waals surface area contributed by atoms with Crippen LogP contribution in [0.25, 0.3) is 0 Å². The number of carbonyl (C=O) groups excluding carboxylic acids is 1. The lowest BCUT2D eigenvalue weighted by Gasteiger charge is -2.40. The highest BCUT2D eigenvalue weighted by Gasteiger charge is 2.39. The molecule has 4 heteroatoms. The molecule has 3 rings (SSSR count). The van der Waals surface area contributed by atoms with Gasteiger partial charge in [-0.05, 0) is 38.5 Å². The first-order valence-electron chi connectivity index (χ1n) is 8.49. The second-order valence-electron chi connectivity index (χ2n) is 6.68. The van der Waals surface area contributed by atoms with Crippen LogP contribution in [-0.2, 0) is 9.53 Å². The molecule has 2 aliphatic carbocycles. The van der Waals surface area contributed by atoms with Gasteiger partial charge in [-0.25, -0.2) is 0 Å². The van der Waals surface area contributed by atoms with E-state index in [0.29, 0.717) is 26.2 Å². The van der Waals surface area contributed by atoms with Gasteiger partial charge in [0, 0.05) is 18.9 Å². The summed E-state index contributed by atoms with van der Waals surface area (Å²) in [5, 5.41) is 10.2. The molecule has 4 nitrogen and oxygen atoms in total. The van der Waals surface area contributed by atoms with Crippen molar-refractivity contribution in [2.75, 3.05) is 19.8 Å².